The number of nitrogens with zero attached hydrogens (tertiary/aromatic N) is 2. The Morgan fingerprint density at radius 1 is 1.43 bits per heavy atom. The van der Waals surface area contributed by atoms with Crippen LogP contribution in [-0.2, 0) is 0 Å². The number of amides is 1. The Labute approximate surface area is 134 Å². The highest BCUT2D eigenvalue weighted by molar-refractivity contribution is 6.03. The predicted molar refractivity (Wildman–Crippen MR) is 89.3 cm³/mol. The summed E-state index contributed by atoms with van der Waals surface area (Å²) in [6, 6.07) is 5.81. The van der Waals surface area contributed by atoms with Crippen molar-refractivity contribution in [2.24, 2.45) is 11.0 Å². The zero-order chi connectivity index (χ0) is 17.0. The third-order valence-corrected chi connectivity index (χ3v) is 3.94. The first-order valence-electron chi connectivity index (χ1n) is 7.33. The number of nitro groups is 1. The summed E-state index contributed by atoms with van der Waals surface area (Å²) in [5, 5.41) is 15.1. The number of para-hydroxylation sites is 1. The fourth-order valence-electron chi connectivity index (χ4n) is 2.43. The average Bonchev–Trinajstić information content (AvgIpc) is 2.53. The number of carbonyl (C=O) groups is 1. The minimum absolute atomic E-state index is 0.00394. The summed E-state index contributed by atoms with van der Waals surface area (Å²) >= 11 is 0. The molecule has 120 valence electrons. The van der Waals surface area contributed by atoms with Crippen molar-refractivity contribution < 1.29 is 9.72 Å². The van der Waals surface area contributed by atoms with E-state index in [1.54, 1.807) is 6.07 Å². The van der Waals surface area contributed by atoms with Crippen molar-refractivity contribution >= 4 is 17.3 Å². The van der Waals surface area contributed by atoms with Crippen molar-refractivity contribution in [3.8, 4) is 0 Å². The molecule has 0 saturated heterocycles. The molecule has 0 fully saturated rings. The Balaban J connectivity index is 2.18. The molecule has 2 rings (SSSR count). The van der Waals surface area contributed by atoms with Crippen LogP contribution in [0.1, 0.15) is 37.0 Å². The van der Waals surface area contributed by atoms with Gasteiger partial charge in [0.25, 0.3) is 11.6 Å². The molecule has 1 aromatic rings. The van der Waals surface area contributed by atoms with E-state index in [1.165, 1.54) is 18.2 Å². The van der Waals surface area contributed by atoms with Gasteiger partial charge in [0, 0.05) is 6.07 Å². The molecule has 0 spiro atoms. The predicted octanol–water partition coefficient (Wildman–Crippen LogP) is 3.61. The SMILES string of the molecule is C=C(C)[C@@H]1CC=C(C)C(=NNC(=O)c2ccccc2[N+](=O)[O-])C1. The molecule has 0 bridgehead atoms. The van der Waals surface area contributed by atoms with E-state index in [0.29, 0.717) is 12.3 Å². The second-order valence-electron chi connectivity index (χ2n) is 5.64. The van der Waals surface area contributed by atoms with E-state index in [9.17, 15) is 14.9 Å². The molecule has 0 radical (unpaired) electrons. The molecule has 1 amide bonds. The Hall–Kier alpha value is -2.76. The summed E-state index contributed by atoms with van der Waals surface area (Å²) in [5.41, 5.74) is 5.04. The summed E-state index contributed by atoms with van der Waals surface area (Å²) in [4.78, 5) is 22.6. The first-order chi connectivity index (χ1) is 10.9. The van der Waals surface area contributed by atoms with Gasteiger partial charge >= 0.3 is 0 Å². The minimum atomic E-state index is -0.588. The van der Waals surface area contributed by atoms with Gasteiger partial charge in [0.2, 0.25) is 0 Å². The van der Waals surface area contributed by atoms with Crippen molar-refractivity contribution in [1.82, 2.24) is 5.43 Å². The smallest absolute Gasteiger partial charge is 0.267 e. The van der Waals surface area contributed by atoms with E-state index in [4.69, 9.17) is 0 Å². The zero-order valence-corrected chi connectivity index (χ0v) is 13.2. The monoisotopic (exact) mass is 313 g/mol. The van der Waals surface area contributed by atoms with Gasteiger partial charge in [-0.15, -0.1) is 0 Å². The lowest BCUT2D eigenvalue weighted by atomic mass is 9.85. The molecule has 1 atom stereocenters. The second kappa shape index (κ2) is 7.00. The Morgan fingerprint density at radius 2 is 2.13 bits per heavy atom. The molecule has 1 N–H and O–H groups in total. The van der Waals surface area contributed by atoms with Crippen LogP contribution in [0.3, 0.4) is 0 Å². The molecule has 1 aromatic carbocycles. The minimum Gasteiger partial charge on any atom is -0.267 e. The van der Waals surface area contributed by atoms with Crippen LogP contribution in [0.25, 0.3) is 0 Å². The number of carbonyl (C=O) groups excluding carboxylic acids is 1. The van der Waals surface area contributed by atoms with Crippen molar-refractivity contribution in [3.05, 3.63) is 63.7 Å². The largest absolute Gasteiger partial charge is 0.282 e. The van der Waals surface area contributed by atoms with Crippen molar-refractivity contribution in [3.63, 3.8) is 0 Å². The Kier molecular flexibility index (Phi) is 5.05. The number of hydrogen-bond donors (Lipinski definition) is 1. The highest BCUT2D eigenvalue weighted by Crippen LogP contribution is 2.26. The first-order valence-corrected chi connectivity index (χ1v) is 7.33. The van der Waals surface area contributed by atoms with Crippen molar-refractivity contribution in [1.29, 1.82) is 0 Å². The van der Waals surface area contributed by atoms with Crippen molar-refractivity contribution in [2.75, 3.05) is 0 Å². The first kappa shape index (κ1) is 16.6. The normalized spacial score (nSPS) is 19.1. The molecule has 0 aliphatic heterocycles. The number of allylic oxidation sites excluding steroid dienone is 3. The van der Waals surface area contributed by atoms with Gasteiger partial charge in [0.05, 0.1) is 10.6 Å². The van der Waals surface area contributed by atoms with Gasteiger partial charge in [-0.3, -0.25) is 14.9 Å². The standard InChI is InChI=1S/C17H19N3O3/c1-11(2)13-9-8-12(3)15(10-13)18-19-17(21)14-6-4-5-7-16(14)20(22)23/h4-8,13H,1,9-10H2,2-3H3,(H,19,21)/t13-/m1/s1. The third-order valence-electron chi connectivity index (χ3n) is 3.94. The lowest BCUT2D eigenvalue weighted by Crippen LogP contribution is -2.23. The third kappa shape index (κ3) is 3.91. The van der Waals surface area contributed by atoms with Gasteiger partial charge in [-0.05, 0) is 44.2 Å². The van der Waals surface area contributed by atoms with Crippen LogP contribution in [0.15, 0.2) is 53.2 Å². The fourth-order valence-corrected chi connectivity index (χ4v) is 2.43. The van der Waals surface area contributed by atoms with Crippen LogP contribution in [0, 0.1) is 16.0 Å². The van der Waals surface area contributed by atoms with Gasteiger partial charge in [0.1, 0.15) is 5.56 Å². The van der Waals surface area contributed by atoms with Crippen LogP contribution in [0.4, 0.5) is 5.69 Å². The maximum atomic E-state index is 12.2. The number of rotatable bonds is 4. The highest BCUT2D eigenvalue weighted by atomic mass is 16.6. The van der Waals surface area contributed by atoms with Gasteiger partial charge < -0.3 is 0 Å². The maximum Gasteiger partial charge on any atom is 0.282 e. The van der Waals surface area contributed by atoms with E-state index in [2.05, 4.69) is 23.2 Å². The molecule has 1 aliphatic rings. The molecule has 0 aromatic heterocycles. The van der Waals surface area contributed by atoms with Gasteiger partial charge in [-0.25, -0.2) is 5.43 Å². The molecule has 1 aliphatic carbocycles. The number of benzene rings is 1. The highest BCUT2D eigenvalue weighted by Gasteiger charge is 2.21. The van der Waals surface area contributed by atoms with Crippen LogP contribution >= 0.6 is 0 Å². The summed E-state index contributed by atoms with van der Waals surface area (Å²) < 4.78 is 0. The van der Waals surface area contributed by atoms with Crippen LogP contribution in [-0.4, -0.2) is 16.5 Å². The quantitative estimate of drug-likeness (QED) is 0.523. The van der Waals surface area contributed by atoms with E-state index < -0.39 is 10.8 Å². The van der Waals surface area contributed by atoms with Gasteiger partial charge in [-0.2, -0.15) is 5.10 Å². The van der Waals surface area contributed by atoms with Crippen LogP contribution < -0.4 is 5.43 Å². The number of hydrazone groups is 1. The van der Waals surface area contributed by atoms with E-state index in [1.807, 2.05) is 13.8 Å². The lowest BCUT2D eigenvalue weighted by Gasteiger charge is -2.22. The van der Waals surface area contributed by atoms with Crippen LogP contribution in [0.5, 0.6) is 0 Å². The van der Waals surface area contributed by atoms with Gasteiger partial charge in [0.15, 0.2) is 0 Å². The summed E-state index contributed by atoms with van der Waals surface area (Å²) in [5.74, 6) is -0.282. The van der Waals surface area contributed by atoms with Gasteiger partial charge in [-0.1, -0.05) is 30.4 Å². The maximum absolute atomic E-state index is 12.2. The number of nitro benzene ring substituents is 1. The molecular formula is C17H19N3O3. The van der Waals surface area contributed by atoms with E-state index >= 15 is 0 Å². The molecule has 6 nitrogen and oxygen atoms in total. The summed E-state index contributed by atoms with van der Waals surface area (Å²) in [6.07, 6.45) is 3.69. The molecular weight excluding hydrogens is 294 g/mol. The molecule has 0 saturated carbocycles. The topological polar surface area (TPSA) is 84.6 Å². The second-order valence-corrected chi connectivity index (χ2v) is 5.64. The number of nitrogens with one attached hydrogen (secondary N) is 1. The summed E-state index contributed by atoms with van der Waals surface area (Å²) in [6.45, 7) is 7.88. The van der Waals surface area contributed by atoms with Crippen molar-refractivity contribution in [2.45, 2.75) is 26.7 Å². The Bertz CT molecular complexity index is 720. The molecule has 6 heteroatoms. The number of hydrogen-bond acceptors (Lipinski definition) is 4. The lowest BCUT2D eigenvalue weighted by molar-refractivity contribution is -0.385. The zero-order valence-electron chi connectivity index (χ0n) is 13.2. The Morgan fingerprint density at radius 3 is 2.78 bits per heavy atom. The average molecular weight is 313 g/mol. The molecule has 0 heterocycles. The van der Waals surface area contributed by atoms with E-state index in [0.717, 1.165) is 23.3 Å². The molecule has 0 unspecified atom stereocenters. The van der Waals surface area contributed by atoms with Crippen LogP contribution in [0.2, 0.25) is 0 Å². The van der Waals surface area contributed by atoms with E-state index in [-0.39, 0.29) is 11.3 Å². The summed E-state index contributed by atoms with van der Waals surface area (Å²) in [7, 11) is 0. The fraction of sp³-hybridized carbons (Fsp3) is 0.294. The molecule has 23 heavy (non-hydrogen) atoms.